The highest BCUT2D eigenvalue weighted by molar-refractivity contribution is 5.92. The summed E-state index contributed by atoms with van der Waals surface area (Å²) in [6.07, 6.45) is 6.82. The van der Waals surface area contributed by atoms with E-state index in [1.165, 1.54) is 19.3 Å². The van der Waals surface area contributed by atoms with Gasteiger partial charge in [-0.3, -0.25) is 4.79 Å². The van der Waals surface area contributed by atoms with Crippen LogP contribution in [-0.2, 0) is 9.53 Å². The summed E-state index contributed by atoms with van der Waals surface area (Å²) < 4.78 is 5.62. The molecule has 0 radical (unpaired) electrons. The zero-order valence-electron chi connectivity index (χ0n) is 8.34. The number of hydrogen-bond acceptors (Lipinski definition) is 2. The van der Waals surface area contributed by atoms with Crippen LogP contribution in [0.1, 0.15) is 45.4 Å². The molecule has 0 aromatic rings. The predicted octanol–water partition coefficient (Wildman–Crippen LogP) is 2.31. The van der Waals surface area contributed by atoms with E-state index in [2.05, 4.69) is 0 Å². The molecule has 1 spiro atoms. The molecule has 0 aliphatic heterocycles. The van der Waals surface area contributed by atoms with E-state index in [9.17, 15) is 4.79 Å². The lowest BCUT2D eigenvalue weighted by Gasteiger charge is -2.49. The molecule has 13 heavy (non-hydrogen) atoms. The van der Waals surface area contributed by atoms with E-state index >= 15 is 0 Å². The third-order valence-corrected chi connectivity index (χ3v) is 3.66. The van der Waals surface area contributed by atoms with Gasteiger partial charge in [-0.05, 0) is 19.8 Å². The zero-order valence-corrected chi connectivity index (χ0v) is 8.34. The first-order valence-electron chi connectivity index (χ1n) is 5.44. The minimum Gasteiger partial charge on any atom is -0.377 e. The topological polar surface area (TPSA) is 26.3 Å². The number of ether oxygens (including phenoxy) is 1. The van der Waals surface area contributed by atoms with Crippen molar-refractivity contribution in [1.82, 2.24) is 0 Å². The second kappa shape index (κ2) is 3.41. The summed E-state index contributed by atoms with van der Waals surface area (Å²) in [5, 5.41) is 0. The molecule has 2 heteroatoms. The number of hydrogen-bond donors (Lipinski definition) is 0. The summed E-state index contributed by atoms with van der Waals surface area (Å²) in [4.78, 5) is 11.6. The molecule has 0 bridgehead atoms. The Morgan fingerprint density at radius 3 is 2.62 bits per heavy atom. The van der Waals surface area contributed by atoms with E-state index < -0.39 is 0 Å². The van der Waals surface area contributed by atoms with Gasteiger partial charge in [0.05, 0.1) is 11.5 Å². The number of carbonyl (C=O) groups excluding carboxylic acids is 1. The fourth-order valence-corrected chi connectivity index (χ4v) is 2.82. The van der Waals surface area contributed by atoms with Gasteiger partial charge in [-0.25, -0.2) is 0 Å². The lowest BCUT2D eigenvalue weighted by Crippen LogP contribution is -2.56. The van der Waals surface area contributed by atoms with Crippen molar-refractivity contribution in [2.75, 3.05) is 6.61 Å². The summed E-state index contributed by atoms with van der Waals surface area (Å²) in [6.45, 7) is 2.76. The van der Waals surface area contributed by atoms with E-state index in [0.29, 0.717) is 12.2 Å². The standard InChI is InChI=1S/C11H18O2/c1-2-13-10-8-9(12)11(10)6-4-3-5-7-11/h10H,2-8H2,1H3/t10-/m0/s1. The van der Waals surface area contributed by atoms with Gasteiger partial charge in [0.15, 0.2) is 0 Å². The zero-order chi connectivity index (χ0) is 9.31. The van der Waals surface area contributed by atoms with Gasteiger partial charge in [-0.15, -0.1) is 0 Å². The number of ketones is 1. The smallest absolute Gasteiger partial charge is 0.144 e. The minimum atomic E-state index is -0.0335. The van der Waals surface area contributed by atoms with Gasteiger partial charge in [-0.2, -0.15) is 0 Å². The van der Waals surface area contributed by atoms with Gasteiger partial charge in [-0.1, -0.05) is 19.3 Å². The Kier molecular flexibility index (Phi) is 2.41. The van der Waals surface area contributed by atoms with Crippen molar-refractivity contribution in [3.63, 3.8) is 0 Å². The van der Waals surface area contributed by atoms with Gasteiger partial charge in [0.2, 0.25) is 0 Å². The van der Waals surface area contributed by atoms with Gasteiger partial charge < -0.3 is 4.74 Å². The number of rotatable bonds is 2. The Balaban J connectivity index is 2.04. The summed E-state index contributed by atoms with van der Waals surface area (Å²) in [5.41, 5.74) is -0.0335. The van der Waals surface area contributed by atoms with Gasteiger partial charge in [0.25, 0.3) is 0 Å². The fourth-order valence-electron chi connectivity index (χ4n) is 2.82. The Morgan fingerprint density at radius 1 is 1.38 bits per heavy atom. The Labute approximate surface area is 79.7 Å². The Morgan fingerprint density at radius 2 is 2.08 bits per heavy atom. The second-order valence-corrected chi connectivity index (χ2v) is 4.29. The molecule has 0 unspecified atom stereocenters. The molecular weight excluding hydrogens is 164 g/mol. The predicted molar refractivity (Wildman–Crippen MR) is 50.6 cm³/mol. The molecule has 0 aromatic heterocycles. The first-order valence-corrected chi connectivity index (χ1v) is 5.44. The number of Topliss-reactive ketones (excluding diaryl/α,β-unsaturated/α-hetero) is 1. The summed E-state index contributed by atoms with van der Waals surface area (Å²) in [7, 11) is 0. The van der Waals surface area contributed by atoms with E-state index in [-0.39, 0.29) is 11.5 Å². The average molecular weight is 182 g/mol. The maximum atomic E-state index is 11.6. The van der Waals surface area contributed by atoms with Crippen LogP contribution in [0.5, 0.6) is 0 Å². The van der Waals surface area contributed by atoms with Crippen molar-refractivity contribution in [2.24, 2.45) is 5.41 Å². The molecule has 2 nitrogen and oxygen atoms in total. The molecule has 2 fully saturated rings. The van der Waals surface area contributed by atoms with Crippen molar-refractivity contribution in [3.8, 4) is 0 Å². The summed E-state index contributed by atoms with van der Waals surface area (Å²) >= 11 is 0. The normalized spacial score (nSPS) is 31.8. The van der Waals surface area contributed by atoms with Crippen LogP contribution in [0.3, 0.4) is 0 Å². The van der Waals surface area contributed by atoms with Crippen LogP contribution < -0.4 is 0 Å². The van der Waals surface area contributed by atoms with Gasteiger partial charge in [0.1, 0.15) is 5.78 Å². The van der Waals surface area contributed by atoms with Crippen LogP contribution in [0.2, 0.25) is 0 Å². The first kappa shape index (κ1) is 9.20. The largest absolute Gasteiger partial charge is 0.377 e. The first-order chi connectivity index (χ1) is 6.29. The van der Waals surface area contributed by atoms with Crippen LogP contribution in [-0.4, -0.2) is 18.5 Å². The highest BCUT2D eigenvalue weighted by Crippen LogP contribution is 2.50. The molecular formula is C11H18O2. The van der Waals surface area contributed by atoms with Crippen LogP contribution in [0.25, 0.3) is 0 Å². The Hall–Kier alpha value is -0.370. The monoisotopic (exact) mass is 182 g/mol. The molecule has 2 rings (SSSR count). The van der Waals surface area contributed by atoms with Crippen molar-refractivity contribution < 1.29 is 9.53 Å². The lowest BCUT2D eigenvalue weighted by molar-refractivity contribution is -0.168. The molecule has 0 saturated heterocycles. The second-order valence-electron chi connectivity index (χ2n) is 4.29. The van der Waals surface area contributed by atoms with E-state index in [0.717, 1.165) is 19.4 Å². The molecule has 0 N–H and O–H groups in total. The SMILES string of the molecule is CCO[C@H]1CC(=O)C12CCCCC2. The minimum absolute atomic E-state index is 0.0335. The third kappa shape index (κ3) is 1.32. The molecule has 0 aromatic carbocycles. The Bertz CT molecular complexity index is 204. The van der Waals surface area contributed by atoms with Gasteiger partial charge in [0, 0.05) is 13.0 Å². The molecule has 2 aliphatic carbocycles. The van der Waals surface area contributed by atoms with E-state index in [1.54, 1.807) is 0 Å². The summed E-state index contributed by atoms with van der Waals surface area (Å²) in [5.74, 6) is 0.464. The molecule has 0 amide bonds. The third-order valence-electron chi connectivity index (χ3n) is 3.66. The van der Waals surface area contributed by atoms with Crippen LogP contribution in [0.15, 0.2) is 0 Å². The van der Waals surface area contributed by atoms with E-state index in [1.807, 2.05) is 6.92 Å². The maximum absolute atomic E-state index is 11.6. The molecule has 74 valence electrons. The lowest BCUT2D eigenvalue weighted by atomic mass is 9.57. The number of carbonyl (C=O) groups is 1. The van der Waals surface area contributed by atoms with Crippen molar-refractivity contribution in [3.05, 3.63) is 0 Å². The van der Waals surface area contributed by atoms with Crippen molar-refractivity contribution >= 4 is 5.78 Å². The molecule has 0 heterocycles. The van der Waals surface area contributed by atoms with Crippen LogP contribution in [0.4, 0.5) is 0 Å². The average Bonchev–Trinajstić information content (AvgIpc) is 2.19. The molecule has 2 saturated carbocycles. The highest BCUT2D eigenvalue weighted by Gasteiger charge is 2.55. The van der Waals surface area contributed by atoms with Crippen LogP contribution in [0, 0.1) is 5.41 Å². The summed E-state index contributed by atoms with van der Waals surface area (Å²) in [6, 6.07) is 0. The molecule has 2 aliphatic rings. The maximum Gasteiger partial charge on any atom is 0.144 e. The van der Waals surface area contributed by atoms with Crippen molar-refractivity contribution in [1.29, 1.82) is 0 Å². The van der Waals surface area contributed by atoms with Gasteiger partial charge >= 0.3 is 0 Å². The quantitative estimate of drug-likeness (QED) is 0.655. The van der Waals surface area contributed by atoms with Crippen LogP contribution >= 0.6 is 0 Å². The van der Waals surface area contributed by atoms with E-state index in [4.69, 9.17) is 4.74 Å². The highest BCUT2D eigenvalue weighted by atomic mass is 16.5. The fraction of sp³-hybridized carbons (Fsp3) is 0.909. The van der Waals surface area contributed by atoms with Crippen molar-refractivity contribution in [2.45, 2.75) is 51.6 Å². The molecule has 1 atom stereocenters.